The van der Waals surface area contributed by atoms with Crippen LogP contribution < -0.4 is 0 Å². The maximum atomic E-state index is 12.9. The molecule has 0 bridgehead atoms. The van der Waals surface area contributed by atoms with E-state index < -0.39 is 23.8 Å². The molecule has 0 aromatic heterocycles. The molecule has 1 rings (SSSR count). The average Bonchev–Trinajstić information content (AvgIpc) is 2.69. The van der Waals surface area contributed by atoms with Crippen molar-refractivity contribution in [1.29, 1.82) is 0 Å². The van der Waals surface area contributed by atoms with Gasteiger partial charge in [-0.25, -0.2) is 4.39 Å². The van der Waals surface area contributed by atoms with Gasteiger partial charge in [-0.2, -0.15) is 0 Å². The van der Waals surface area contributed by atoms with Crippen LogP contribution in [-0.2, 0) is 14.3 Å². The number of halogens is 1. The van der Waals surface area contributed by atoms with Gasteiger partial charge in [0.15, 0.2) is 11.5 Å². The Morgan fingerprint density at radius 2 is 2.08 bits per heavy atom. The molecule has 0 atom stereocenters. The normalized spacial score (nSPS) is 18.5. The summed E-state index contributed by atoms with van der Waals surface area (Å²) in [5, 5.41) is 0. The number of carbonyl (C=O) groups is 2. The fraction of sp³-hybridized carbons (Fsp3) is 0.750. The summed E-state index contributed by atoms with van der Waals surface area (Å²) >= 11 is 0. The number of esters is 1. The monoisotopic (exact) mass is 174 g/mol. The van der Waals surface area contributed by atoms with Gasteiger partial charge < -0.3 is 4.74 Å². The van der Waals surface area contributed by atoms with Crippen LogP contribution in [-0.4, -0.2) is 24.0 Å². The second-order valence-electron chi connectivity index (χ2n) is 2.87. The fourth-order valence-electron chi connectivity index (χ4n) is 0.890. The van der Waals surface area contributed by atoms with Crippen LogP contribution in [0.15, 0.2) is 0 Å². The van der Waals surface area contributed by atoms with Gasteiger partial charge >= 0.3 is 5.97 Å². The molecule has 0 N–H and O–H groups in total. The van der Waals surface area contributed by atoms with E-state index in [0.717, 1.165) is 0 Å². The largest absolute Gasteiger partial charge is 0.466 e. The summed E-state index contributed by atoms with van der Waals surface area (Å²) in [6, 6.07) is 0. The maximum absolute atomic E-state index is 12.9. The lowest BCUT2D eigenvalue weighted by atomic mass is 10.2. The van der Waals surface area contributed by atoms with Gasteiger partial charge in [-0.05, 0) is 19.8 Å². The van der Waals surface area contributed by atoms with E-state index in [9.17, 15) is 14.0 Å². The molecule has 0 amide bonds. The maximum Gasteiger partial charge on any atom is 0.313 e. The first-order valence-electron chi connectivity index (χ1n) is 3.96. The van der Waals surface area contributed by atoms with Gasteiger partial charge in [0.1, 0.15) is 6.42 Å². The van der Waals surface area contributed by atoms with Crippen LogP contribution in [0.25, 0.3) is 0 Å². The summed E-state index contributed by atoms with van der Waals surface area (Å²) in [4.78, 5) is 21.7. The van der Waals surface area contributed by atoms with E-state index in [1.54, 1.807) is 6.92 Å². The van der Waals surface area contributed by atoms with Crippen LogP contribution in [0.1, 0.15) is 26.2 Å². The summed E-state index contributed by atoms with van der Waals surface area (Å²) in [6.45, 7) is 1.87. The third kappa shape index (κ3) is 2.03. The van der Waals surface area contributed by atoms with E-state index >= 15 is 0 Å². The van der Waals surface area contributed by atoms with Crippen LogP contribution in [0.3, 0.4) is 0 Å². The third-order valence-electron chi connectivity index (χ3n) is 1.80. The number of ketones is 1. The lowest BCUT2D eigenvalue weighted by Gasteiger charge is -2.02. The highest BCUT2D eigenvalue weighted by Gasteiger charge is 2.50. The van der Waals surface area contributed by atoms with Crippen LogP contribution in [0.5, 0.6) is 0 Å². The Hall–Kier alpha value is -0.930. The summed E-state index contributed by atoms with van der Waals surface area (Å²) in [6.07, 6.45) is 0.0841. The van der Waals surface area contributed by atoms with Crippen molar-refractivity contribution in [3.63, 3.8) is 0 Å². The van der Waals surface area contributed by atoms with E-state index in [1.807, 2.05) is 0 Å². The van der Waals surface area contributed by atoms with Crippen molar-refractivity contribution < 1.29 is 18.7 Å². The lowest BCUT2D eigenvalue weighted by molar-refractivity contribution is -0.146. The Bertz CT molecular complexity index is 208. The van der Waals surface area contributed by atoms with Crippen LogP contribution >= 0.6 is 0 Å². The number of hydrogen-bond donors (Lipinski definition) is 0. The van der Waals surface area contributed by atoms with Crippen LogP contribution in [0, 0.1) is 0 Å². The molecule has 1 fully saturated rings. The molecule has 1 aliphatic carbocycles. The van der Waals surface area contributed by atoms with Gasteiger partial charge in [-0.15, -0.1) is 0 Å². The molecule has 0 unspecified atom stereocenters. The molecule has 0 aliphatic heterocycles. The van der Waals surface area contributed by atoms with Crippen molar-refractivity contribution in [3.05, 3.63) is 0 Å². The highest BCUT2D eigenvalue weighted by atomic mass is 19.1. The predicted molar refractivity (Wildman–Crippen MR) is 39.3 cm³/mol. The first-order valence-corrected chi connectivity index (χ1v) is 3.96. The molecule has 12 heavy (non-hydrogen) atoms. The molecule has 0 aromatic rings. The molecule has 0 aromatic carbocycles. The molecule has 0 radical (unpaired) electrons. The predicted octanol–water partition coefficient (Wildman–Crippen LogP) is 1.01. The standard InChI is InChI=1S/C8H11FO3/c1-2-12-7(11)5-6(10)8(9)3-4-8/h2-5H2,1H3. The van der Waals surface area contributed by atoms with Gasteiger partial charge in [0.25, 0.3) is 0 Å². The fourth-order valence-corrected chi connectivity index (χ4v) is 0.890. The Labute approximate surface area is 69.9 Å². The summed E-state index contributed by atoms with van der Waals surface area (Å²) in [5.41, 5.74) is -1.70. The molecule has 3 nitrogen and oxygen atoms in total. The minimum Gasteiger partial charge on any atom is -0.466 e. The van der Waals surface area contributed by atoms with Gasteiger partial charge in [0.2, 0.25) is 0 Å². The number of ether oxygens (including phenoxy) is 1. The van der Waals surface area contributed by atoms with Crippen molar-refractivity contribution in [2.45, 2.75) is 31.9 Å². The summed E-state index contributed by atoms with van der Waals surface area (Å²) in [5.74, 6) is -1.27. The number of rotatable bonds is 4. The molecule has 0 heterocycles. The molecular formula is C8H11FO3. The Morgan fingerprint density at radius 1 is 1.50 bits per heavy atom. The first-order chi connectivity index (χ1) is 5.58. The Balaban J connectivity index is 2.31. The zero-order valence-corrected chi connectivity index (χ0v) is 6.93. The van der Waals surface area contributed by atoms with E-state index in [0.29, 0.717) is 0 Å². The van der Waals surface area contributed by atoms with Crippen molar-refractivity contribution in [2.24, 2.45) is 0 Å². The summed E-state index contributed by atoms with van der Waals surface area (Å²) in [7, 11) is 0. The van der Waals surface area contributed by atoms with Crippen molar-refractivity contribution >= 4 is 11.8 Å². The molecule has 68 valence electrons. The second kappa shape index (κ2) is 3.21. The van der Waals surface area contributed by atoms with Crippen LogP contribution in [0.2, 0.25) is 0 Å². The van der Waals surface area contributed by atoms with Crippen LogP contribution in [0.4, 0.5) is 4.39 Å². The van der Waals surface area contributed by atoms with E-state index in [2.05, 4.69) is 4.74 Å². The number of Topliss-reactive ketones (excluding diaryl/α,β-unsaturated/α-hetero) is 1. The summed E-state index contributed by atoms with van der Waals surface area (Å²) < 4.78 is 17.4. The van der Waals surface area contributed by atoms with E-state index in [1.165, 1.54) is 0 Å². The molecule has 0 saturated heterocycles. The van der Waals surface area contributed by atoms with Gasteiger partial charge in [0.05, 0.1) is 6.61 Å². The van der Waals surface area contributed by atoms with Crippen molar-refractivity contribution in [1.82, 2.24) is 0 Å². The molecule has 1 aliphatic rings. The Kier molecular flexibility index (Phi) is 2.45. The topological polar surface area (TPSA) is 43.4 Å². The average molecular weight is 174 g/mol. The van der Waals surface area contributed by atoms with Gasteiger partial charge in [0, 0.05) is 0 Å². The zero-order valence-electron chi connectivity index (χ0n) is 6.93. The lowest BCUT2D eigenvalue weighted by Crippen LogP contribution is -2.21. The highest BCUT2D eigenvalue weighted by molar-refractivity contribution is 6.01. The Morgan fingerprint density at radius 3 is 2.50 bits per heavy atom. The minimum atomic E-state index is -1.70. The van der Waals surface area contributed by atoms with Crippen molar-refractivity contribution in [3.8, 4) is 0 Å². The number of alkyl halides is 1. The van der Waals surface area contributed by atoms with Gasteiger partial charge in [-0.1, -0.05) is 0 Å². The van der Waals surface area contributed by atoms with E-state index in [4.69, 9.17) is 0 Å². The van der Waals surface area contributed by atoms with Gasteiger partial charge in [-0.3, -0.25) is 9.59 Å². The van der Waals surface area contributed by atoms with E-state index in [-0.39, 0.29) is 19.4 Å². The number of carbonyl (C=O) groups excluding carboxylic acids is 2. The highest BCUT2D eigenvalue weighted by Crippen LogP contribution is 2.41. The molecular weight excluding hydrogens is 163 g/mol. The SMILES string of the molecule is CCOC(=O)CC(=O)C1(F)CC1. The second-order valence-corrected chi connectivity index (χ2v) is 2.87. The first kappa shape index (κ1) is 9.16. The van der Waals surface area contributed by atoms with Crippen molar-refractivity contribution in [2.75, 3.05) is 6.61 Å². The third-order valence-corrected chi connectivity index (χ3v) is 1.80. The number of hydrogen-bond acceptors (Lipinski definition) is 3. The molecule has 1 saturated carbocycles. The molecule has 0 spiro atoms. The minimum absolute atomic E-state index is 0.228. The zero-order chi connectivity index (χ0) is 9.19. The smallest absolute Gasteiger partial charge is 0.313 e. The molecule has 4 heteroatoms. The quantitative estimate of drug-likeness (QED) is 0.472.